The van der Waals surface area contributed by atoms with Crippen LogP contribution in [0, 0.1) is 49.2 Å². The molecule has 18 heavy (non-hydrogen) atoms. The van der Waals surface area contributed by atoms with Crippen LogP contribution in [0.2, 0.25) is 0 Å². The number of halogens is 3. The summed E-state index contributed by atoms with van der Waals surface area (Å²) in [5.74, 6) is -2.27. The molecule has 0 radical (unpaired) electrons. The molecular weight excluding hydrogens is 353 g/mol. The molecule has 0 bridgehead atoms. The molecule has 0 aliphatic heterocycles. The van der Waals surface area contributed by atoms with Gasteiger partial charge in [0.1, 0.15) is 23.9 Å². The highest BCUT2D eigenvalue weighted by molar-refractivity contribution is 14.1. The standard InChI is InChI=1S/C11H3F2IN4/c12-7-1-2-8(14)11(10(7)13)18-9(5-17)6(3-15)4-16/h1-2,18H. The van der Waals surface area contributed by atoms with Gasteiger partial charge < -0.3 is 5.32 Å². The van der Waals surface area contributed by atoms with E-state index in [4.69, 9.17) is 15.8 Å². The lowest BCUT2D eigenvalue weighted by Crippen LogP contribution is -2.05. The first-order chi connectivity index (χ1) is 8.54. The number of hydrogen-bond donors (Lipinski definition) is 1. The minimum atomic E-state index is -1.18. The van der Waals surface area contributed by atoms with Crippen molar-refractivity contribution in [2.45, 2.75) is 0 Å². The molecule has 1 rings (SSSR count). The monoisotopic (exact) mass is 356 g/mol. The molecule has 1 aromatic carbocycles. The number of nitrogens with one attached hydrogen (secondary N) is 1. The second kappa shape index (κ2) is 5.95. The molecule has 0 fully saturated rings. The van der Waals surface area contributed by atoms with Crippen molar-refractivity contribution in [3.63, 3.8) is 0 Å². The molecule has 0 spiro atoms. The Bertz CT molecular complexity index is 631. The van der Waals surface area contributed by atoms with Crippen LogP contribution in [0.1, 0.15) is 0 Å². The Kier molecular flexibility index (Phi) is 4.59. The molecular formula is C11H3F2IN4. The normalized spacial score (nSPS) is 8.67. The minimum absolute atomic E-state index is 0.282. The molecule has 0 aliphatic rings. The van der Waals surface area contributed by atoms with Crippen LogP contribution >= 0.6 is 22.6 Å². The van der Waals surface area contributed by atoms with E-state index in [0.717, 1.165) is 6.07 Å². The molecule has 0 heterocycles. The molecule has 0 aromatic heterocycles. The highest BCUT2D eigenvalue weighted by Gasteiger charge is 2.15. The average molecular weight is 356 g/mol. The van der Waals surface area contributed by atoms with Gasteiger partial charge in [0.05, 0.1) is 5.69 Å². The molecule has 4 nitrogen and oxygen atoms in total. The van der Waals surface area contributed by atoms with E-state index in [2.05, 4.69) is 5.32 Å². The molecule has 1 N–H and O–H groups in total. The van der Waals surface area contributed by atoms with Crippen LogP contribution in [0.3, 0.4) is 0 Å². The maximum atomic E-state index is 13.5. The quantitative estimate of drug-likeness (QED) is 0.502. The topological polar surface area (TPSA) is 83.4 Å². The SMILES string of the molecule is N#CC(C#N)=C(C#N)Nc1c(I)ccc(F)c1F. The number of nitrogens with zero attached hydrogens (tertiary/aromatic N) is 3. The zero-order valence-corrected chi connectivity index (χ0v) is 10.8. The van der Waals surface area contributed by atoms with E-state index in [0.29, 0.717) is 3.57 Å². The van der Waals surface area contributed by atoms with E-state index in [1.165, 1.54) is 18.2 Å². The van der Waals surface area contributed by atoms with Crippen LogP contribution in [0.4, 0.5) is 14.5 Å². The Morgan fingerprint density at radius 3 is 2.22 bits per heavy atom. The number of allylic oxidation sites excluding steroid dienone is 2. The summed E-state index contributed by atoms with van der Waals surface area (Å²) in [4.78, 5) is 0. The molecule has 0 saturated carbocycles. The van der Waals surface area contributed by atoms with E-state index >= 15 is 0 Å². The Hall–Kier alpha value is -2.18. The van der Waals surface area contributed by atoms with Gasteiger partial charge in [0.25, 0.3) is 0 Å². The van der Waals surface area contributed by atoms with E-state index in [1.807, 2.05) is 0 Å². The molecule has 1 aromatic rings. The van der Waals surface area contributed by atoms with E-state index in [1.54, 1.807) is 28.7 Å². The maximum absolute atomic E-state index is 13.5. The highest BCUT2D eigenvalue weighted by Crippen LogP contribution is 2.25. The summed E-state index contributed by atoms with van der Waals surface area (Å²) in [6.45, 7) is 0. The Balaban J connectivity index is 3.34. The third-order valence-electron chi connectivity index (χ3n) is 1.88. The Morgan fingerprint density at radius 1 is 1.11 bits per heavy atom. The second-order valence-corrected chi connectivity index (χ2v) is 4.09. The molecule has 0 saturated heterocycles. The van der Waals surface area contributed by atoms with Gasteiger partial charge in [-0.1, -0.05) is 0 Å². The maximum Gasteiger partial charge on any atom is 0.183 e. The lowest BCUT2D eigenvalue weighted by molar-refractivity contribution is 0.511. The first-order valence-corrected chi connectivity index (χ1v) is 5.48. The van der Waals surface area contributed by atoms with Gasteiger partial charge in [-0.15, -0.1) is 0 Å². The van der Waals surface area contributed by atoms with Crippen molar-refractivity contribution in [1.29, 1.82) is 15.8 Å². The largest absolute Gasteiger partial charge is 0.342 e. The van der Waals surface area contributed by atoms with E-state index in [-0.39, 0.29) is 5.69 Å². The van der Waals surface area contributed by atoms with E-state index in [9.17, 15) is 8.78 Å². The molecule has 88 valence electrons. The van der Waals surface area contributed by atoms with Crippen LogP contribution in [0.15, 0.2) is 23.4 Å². The summed E-state index contributed by atoms with van der Waals surface area (Å²) in [6, 6.07) is 6.78. The van der Waals surface area contributed by atoms with Crippen molar-refractivity contribution in [2.24, 2.45) is 0 Å². The van der Waals surface area contributed by atoms with Crippen LogP contribution in [-0.4, -0.2) is 0 Å². The van der Waals surface area contributed by atoms with Crippen molar-refractivity contribution >= 4 is 28.3 Å². The highest BCUT2D eigenvalue weighted by atomic mass is 127. The van der Waals surface area contributed by atoms with Gasteiger partial charge in [0, 0.05) is 3.57 Å². The number of rotatable bonds is 2. The number of benzene rings is 1. The predicted octanol–water partition coefficient (Wildman–Crippen LogP) is 2.81. The molecule has 0 aliphatic carbocycles. The first-order valence-electron chi connectivity index (χ1n) is 4.40. The third kappa shape index (κ3) is 2.73. The Morgan fingerprint density at radius 2 is 1.72 bits per heavy atom. The summed E-state index contributed by atoms with van der Waals surface area (Å²) in [6.07, 6.45) is 0. The van der Waals surface area contributed by atoms with Crippen LogP contribution < -0.4 is 5.32 Å². The van der Waals surface area contributed by atoms with Gasteiger partial charge in [0.2, 0.25) is 0 Å². The fraction of sp³-hybridized carbons (Fsp3) is 0. The molecule has 7 heteroatoms. The molecule has 0 atom stereocenters. The van der Waals surface area contributed by atoms with Gasteiger partial charge in [-0.2, -0.15) is 15.8 Å². The zero-order chi connectivity index (χ0) is 13.7. The smallest absolute Gasteiger partial charge is 0.183 e. The number of anilines is 1. The van der Waals surface area contributed by atoms with Crippen molar-refractivity contribution in [3.05, 3.63) is 38.6 Å². The lowest BCUT2D eigenvalue weighted by Gasteiger charge is -2.08. The molecule has 0 unspecified atom stereocenters. The average Bonchev–Trinajstić information content (AvgIpc) is 2.38. The van der Waals surface area contributed by atoms with Crippen LogP contribution in [0.5, 0.6) is 0 Å². The first kappa shape index (κ1) is 13.9. The Labute approximate surface area is 115 Å². The summed E-state index contributed by atoms with van der Waals surface area (Å²) < 4.78 is 26.8. The fourth-order valence-corrected chi connectivity index (χ4v) is 1.60. The van der Waals surface area contributed by atoms with Gasteiger partial charge >= 0.3 is 0 Å². The van der Waals surface area contributed by atoms with Crippen molar-refractivity contribution in [1.82, 2.24) is 0 Å². The minimum Gasteiger partial charge on any atom is -0.342 e. The van der Waals surface area contributed by atoms with Gasteiger partial charge in [-0.05, 0) is 34.7 Å². The number of hydrogen-bond acceptors (Lipinski definition) is 4. The van der Waals surface area contributed by atoms with Crippen molar-refractivity contribution in [2.75, 3.05) is 5.32 Å². The van der Waals surface area contributed by atoms with Crippen molar-refractivity contribution in [3.8, 4) is 18.2 Å². The summed E-state index contributed by atoms with van der Waals surface area (Å²) in [5, 5.41) is 28.3. The van der Waals surface area contributed by atoms with Gasteiger partial charge in [-0.25, -0.2) is 8.78 Å². The van der Waals surface area contributed by atoms with Crippen molar-refractivity contribution < 1.29 is 8.78 Å². The lowest BCUT2D eigenvalue weighted by atomic mass is 10.2. The zero-order valence-electron chi connectivity index (χ0n) is 8.63. The second-order valence-electron chi connectivity index (χ2n) is 2.93. The van der Waals surface area contributed by atoms with Crippen LogP contribution in [-0.2, 0) is 0 Å². The predicted molar refractivity (Wildman–Crippen MR) is 66.6 cm³/mol. The van der Waals surface area contributed by atoms with Crippen LogP contribution in [0.25, 0.3) is 0 Å². The van der Waals surface area contributed by atoms with Gasteiger partial charge in [0.15, 0.2) is 17.2 Å². The van der Waals surface area contributed by atoms with Gasteiger partial charge in [-0.3, -0.25) is 0 Å². The molecule has 0 amide bonds. The third-order valence-corrected chi connectivity index (χ3v) is 2.78. The number of nitriles is 3. The summed E-state index contributed by atoms with van der Waals surface area (Å²) in [7, 11) is 0. The summed E-state index contributed by atoms with van der Waals surface area (Å²) >= 11 is 1.73. The fourth-order valence-electron chi connectivity index (χ4n) is 1.05. The van der Waals surface area contributed by atoms with E-state index < -0.39 is 22.9 Å². The summed E-state index contributed by atoms with van der Waals surface area (Å²) in [5.41, 5.74) is -1.21.